The first-order valence-electron chi connectivity index (χ1n) is 5.58. The summed E-state index contributed by atoms with van der Waals surface area (Å²) in [6, 6.07) is 3.22. The van der Waals surface area contributed by atoms with Crippen molar-refractivity contribution in [3.05, 3.63) is 22.4 Å². The third-order valence-electron chi connectivity index (χ3n) is 1.90. The maximum atomic E-state index is 11.7. The monoisotopic (exact) mass is 304 g/mol. The number of carbonyl (C=O) groups is 2. The maximum Gasteiger partial charge on any atom is 0.321 e. The molecule has 7 heteroatoms. The lowest BCUT2D eigenvalue weighted by atomic mass is 10.2. The van der Waals surface area contributed by atoms with Crippen molar-refractivity contribution in [3.63, 3.8) is 0 Å². The molecule has 1 heterocycles. The van der Waals surface area contributed by atoms with E-state index < -0.39 is 38.7 Å². The Kier molecular flexibility index (Phi) is 4.86. The second kappa shape index (κ2) is 5.83. The van der Waals surface area contributed by atoms with Crippen LogP contribution >= 0.6 is 11.3 Å². The molecule has 1 rings (SSSR count). The second-order valence-electron chi connectivity index (χ2n) is 5.02. The van der Waals surface area contributed by atoms with E-state index in [9.17, 15) is 18.0 Å². The van der Waals surface area contributed by atoms with E-state index >= 15 is 0 Å². The van der Waals surface area contributed by atoms with E-state index in [4.69, 9.17) is 4.74 Å². The van der Waals surface area contributed by atoms with Crippen molar-refractivity contribution in [2.24, 2.45) is 0 Å². The fourth-order valence-corrected chi connectivity index (χ4v) is 3.14. The van der Waals surface area contributed by atoms with Crippen molar-refractivity contribution < 1.29 is 22.7 Å². The number of ether oxygens (including phenoxy) is 1. The van der Waals surface area contributed by atoms with Crippen LogP contribution in [0.1, 0.15) is 30.4 Å². The van der Waals surface area contributed by atoms with Gasteiger partial charge in [0, 0.05) is 0 Å². The SMILES string of the molecule is CC(C)(C)OC(=O)CS(=O)(=O)CC(=O)c1cccs1. The number of ketones is 1. The Labute approximate surface area is 116 Å². The van der Waals surface area contributed by atoms with Crippen molar-refractivity contribution in [1.29, 1.82) is 0 Å². The summed E-state index contributed by atoms with van der Waals surface area (Å²) < 4.78 is 28.3. The molecule has 5 nitrogen and oxygen atoms in total. The zero-order valence-electron chi connectivity index (χ0n) is 11.0. The van der Waals surface area contributed by atoms with Gasteiger partial charge in [-0.2, -0.15) is 0 Å². The van der Waals surface area contributed by atoms with Gasteiger partial charge in [0.05, 0.1) is 4.88 Å². The molecule has 0 fully saturated rings. The molecule has 106 valence electrons. The summed E-state index contributed by atoms with van der Waals surface area (Å²) in [4.78, 5) is 23.5. The minimum atomic E-state index is -3.80. The lowest BCUT2D eigenvalue weighted by molar-refractivity contribution is -0.151. The van der Waals surface area contributed by atoms with Gasteiger partial charge in [0.1, 0.15) is 17.1 Å². The summed E-state index contributed by atoms with van der Waals surface area (Å²) in [5.41, 5.74) is -0.746. The highest BCUT2D eigenvalue weighted by Crippen LogP contribution is 2.12. The summed E-state index contributed by atoms with van der Waals surface area (Å²) in [5, 5.41) is 1.69. The van der Waals surface area contributed by atoms with Gasteiger partial charge in [0.2, 0.25) is 0 Å². The van der Waals surface area contributed by atoms with Crippen LogP contribution in [0, 0.1) is 0 Å². The van der Waals surface area contributed by atoms with Crippen molar-refractivity contribution in [2.45, 2.75) is 26.4 Å². The second-order valence-corrected chi connectivity index (χ2v) is 8.03. The third-order valence-corrected chi connectivity index (χ3v) is 4.19. The Bertz CT molecular complexity index is 549. The molecule has 19 heavy (non-hydrogen) atoms. The topological polar surface area (TPSA) is 77.5 Å². The lowest BCUT2D eigenvalue weighted by Gasteiger charge is -2.19. The van der Waals surface area contributed by atoms with Crippen molar-refractivity contribution in [3.8, 4) is 0 Å². The number of sulfone groups is 1. The van der Waals surface area contributed by atoms with Gasteiger partial charge < -0.3 is 4.74 Å². The molecule has 0 amide bonds. The average molecular weight is 304 g/mol. The van der Waals surface area contributed by atoms with E-state index in [1.807, 2.05) is 0 Å². The first-order valence-corrected chi connectivity index (χ1v) is 8.28. The van der Waals surface area contributed by atoms with Gasteiger partial charge in [-0.25, -0.2) is 8.42 Å². The van der Waals surface area contributed by atoms with Crippen LogP contribution < -0.4 is 0 Å². The number of esters is 1. The van der Waals surface area contributed by atoms with Gasteiger partial charge in [-0.1, -0.05) is 6.07 Å². The Morgan fingerprint density at radius 2 is 1.89 bits per heavy atom. The van der Waals surface area contributed by atoms with Crippen LogP contribution in [-0.4, -0.2) is 37.3 Å². The Balaban J connectivity index is 2.62. The van der Waals surface area contributed by atoms with Crippen molar-refractivity contribution in [2.75, 3.05) is 11.5 Å². The van der Waals surface area contributed by atoms with Crippen LogP contribution in [0.2, 0.25) is 0 Å². The molecule has 0 radical (unpaired) electrons. The Hall–Kier alpha value is -1.21. The van der Waals surface area contributed by atoms with E-state index in [1.165, 1.54) is 11.3 Å². The molecule has 1 aromatic rings. The summed E-state index contributed by atoms with van der Waals surface area (Å²) in [7, 11) is -3.80. The summed E-state index contributed by atoms with van der Waals surface area (Å²) >= 11 is 1.17. The summed E-state index contributed by atoms with van der Waals surface area (Å²) in [5.74, 6) is -2.79. The van der Waals surface area contributed by atoms with E-state index in [2.05, 4.69) is 0 Å². The van der Waals surface area contributed by atoms with Crippen LogP contribution in [0.25, 0.3) is 0 Å². The molecule has 0 bridgehead atoms. The fourth-order valence-electron chi connectivity index (χ4n) is 1.31. The molecule has 0 spiro atoms. The lowest BCUT2D eigenvalue weighted by Crippen LogP contribution is -2.30. The standard InChI is InChI=1S/C12H16O5S2/c1-12(2,3)17-11(14)8-19(15,16)7-9(13)10-5-4-6-18-10/h4-6H,7-8H2,1-3H3. The largest absolute Gasteiger partial charge is 0.459 e. The minimum absolute atomic E-state index is 0.368. The van der Waals surface area contributed by atoms with Gasteiger partial charge >= 0.3 is 5.97 Å². The first kappa shape index (κ1) is 15.8. The molecule has 0 aliphatic carbocycles. The molecular formula is C12H16O5S2. The normalized spacial score (nSPS) is 12.2. The molecule has 0 saturated heterocycles. The Morgan fingerprint density at radius 1 is 1.26 bits per heavy atom. The number of carbonyl (C=O) groups excluding carboxylic acids is 2. The summed E-state index contributed by atoms with van der Waals surface area (Å²) in [6.07, 6.45) is 0. The molecule has 0 aliphatic heterocycles. The minimum Gasteiger partial charge on any atom is -0.459 e. The first-order chi connectivity index (χ1) is 8.59. The number of hydrogen-bond donors (Lipinski definition) is 0. The number of thiophene rings is 1. The Morgan fingerprint density at radius 3 is 2.37 bits per heavy atom. The van der Waals surface area contributed by atoms with Gasteiger partial charge in [0.25, 0.3) is 0 Å². The van der Waals surface area contributed by atoms with E-state index in [-0.39, 0.29) is 0 Å². The molecule has 0 saturated carbocycles. The zero-order valence-corrected chi connectivity index (χ0v) is 12.6. The van der Waals surface area contributed by atoms with Gasteiger partial charge in [0.15, 0.2) is 15.6 Å². The number of hydrogen-bond acceptors (Lipinski definition) is 6. The van der Waals surface area contributed by atoms with Crippen LogP contribution in [0.3, 0.4) is 0 Å². The van der Waals surface area contributed by atoms with Gasteiger partial charge in [-0.15, -0.1) is 11.3 Å². The van der Waals surface area contributed by atoms with Gasteiger partial charge in [-0.3, -0.25) is 9.59 Å². The van der Waals surface area contributed by atoms with Crippen LogP contribution in [-0.2, 0) is 19.4 Å². The highest BCUT2D eigenvalue weighted by atomic mass is 32.2. The molecule has 0 atom stereocenters. The van der Waals surface area contributed by atoms with E-state index in [0.29, 0.717) is 4.88 Å². The van der Waals surface area contributed by atoms with Crippen LogP contribution in [0.4, 0.5) is 0 Å². The average Bonchev–Trinajstić information content (AvgIpc) is 2.63. The molecule has 0 aromatic carbocycles. The van der Waals surface area contributed by atoms with Crippen molar-refractivity contribution in [1.82, 2.24) is 0 Å². The number of rotatable bonds is 5. The van der Waals surface area contributed by atoms with Crippen molar-refractivity contribution >= 4 is 32.9 Å². The molecular weight excluding hydrogens is 288 g/mol. The van der Waals surface area contributed by atoms with Gasteiger partial charge in [-0.05, 0) is 32.2 Å². The van der Waals surface area contributed by atoms with Crippen LogP contribution in [0.5, 0.6) is 0 Å². The highest BCUT2D eigenvalue weighted by molar-refractivity contribution is 7.92. The fraction of sp³-hybridized carbons (Fsp3) is 0.500. The molecule has 0 N–H and O–H groups in total. The zero-order chi connectivity index (χ0) is 14.7. The third kappa shape index (κ3) is 5.98. The smallest absolute Gasteiger partial charge is 0.321 e. The number of Topliss-reactive ketones (excluding diaryl/α,β-unsaturated/α-hetero) is 1. The van der Waals surface area contributed by atoms with E-state index in [0.717, 1.165) is 0 Å². The predicted octanol–water partition coefficient (Wildman–Crippen LogP) is 1.69. The maximum absolute atomic E-state index is 11.7. The van der Waals surface area contributed by atoms with Crippen LogP contribution in [0.15, 0.2) is 17.5 Å². The molecule has 0 unspecified atom stereocenters. The highest BCUT2D eigenvalue weighted by Gasteiger charge is 2.25. The summed E-state index contributed by atoms with van der Waals surface area (Å²) in [6.45, 7) is 4.94. The molecule has 0 aliphatic rings. The quantitative estimate of drug-likeness (QED) is 0.611. The molecule has 1 aromatic heterocycles. The van der Waals surface area contributed by atoms with E-state index in [1.54, 1.807) is 38.3 Å². The predicted molar refractivity (Wildman–Crippen MR) is 73.1 cm³/mol.